The maximum Gasteiger partial charge on any atom is 0.340 e. The summed E-state index contributed by atoms with van der Waals surface area (Å²) in [4.78, 5) is 11.8. The van der Waals surface area contributed by atoms with Crippen molar-refractivity contribution in [2.75, 3.05) is 12.3 Å². The molecule has 0 saturated heterocycles. The number of rotatable bonds is 2. The van der Waals surface area contributed by atoms with Crippen LogP contribution in [0.1, 0.15) is 17.3 Å². The van der Waals surface area contributed by atoms with E-state index >= 15 is 0 Å². The zero-order chi connectivity index (χ0) is 12.4. The molecular weight excluding hydrogens is 218 g/mol. The molecular formula is C13H13NO3. The molecule has 0 bridgehead atoms. The van der Waals surface area contributed by atoms with Crippen molar-refractivity contribution in [2.45, 2.75) is 6.92 Å². The standard InChI is InChI=1S/C13H13NO3/c1-2-17-13(16)12-10-7-9(15)5-3-8(10)4-6-11(12)14/h3-7,15H,2,14H2,1H3. The van der Waals surface area contributed by atoms with Crippen LogP contribution in [-0.2, 0) is 4.74 Å². The first-order valence-corrected chi connectivity index (χ1v) is 5.32. The number of benzene rings is 2. The molecule has 0 fully saturated rings. The molecule has 0 atom stereocenters. The number of fused-ring (bicyclic) bond motifs is 1. The quantitative estimate of drug-likeness (QED) is 0.614. The topological polar surface area (TPSA) is 72.5 Å². The molecule has 0 amide bonds. The van der Waals surface area contributed by atoms with Crippen molar-refractivity contribution in [3.05, 3.63) is 35.9 Å². The Bertz CT molecular complexity index is 573. The number of carbonyl (C=O) groups is 1. The van der Waals surface area contributed by atoms with Crippen molar-refractivity contribution < 1.29 is 14.6 Å². The zero-order valence-corrected chi connectivity index (χ0v) is 9.43. The van der Waals surface area contributed by atoms with Gasteiger partial charge in [-0.15, -0.1) is 0 Å². The molecule has 2 aromatic carbocycles. The molecule has 0 aromatic heterocycles. The fourth-order valence-corrected chi connectivity index (χ4v) is 1.76. The van der Waals surface area contributed by atoms with Gasteiger partial charge in [0.05, 0.1) is 12.2 Å². The average Bonchev–Trinajstić information content (AvgIpc) is 2.28. The number of nitrogens with two attached hydrogens (primary N) is 1. The Hall–Kier alpha value is -2.23. The Kier molecular flexibility index (Phi) is 2.87. The van der Waals surface area contributed by atoms with Gasteiger partial charge in [-0.25, -0.2) is 4.79 Å². The summed E-state index contributed by atoms with van der Waals surface area (Å²) in [6.07, 6.45) is 0. The molecule has 4 nitrogen and oxygen atoms in total. The van der Waals surface area contributed by atoms with Gasteiger partial charge < -0.3 is 15.6 Å². The second-order valence-electron chi connectivity index (χ2n) is 3.66. The van der Waals surface area contributed by atoms with Crippen LogP contribution in [0.2, 0.25) is 0 Å². The number of esters is 1. The second-order valence-corrected chi connectivity index (χ2v) is 3.66. The monoisotopic (exact) mass is 231 g/mol. The van der Waals surface area contributed by atoms with E-state index in [2.05, 4.69) is 0 Å². The lowest BCUT2D eigenvalue weighted by atomic mass is 10.0. The van der Waals surface area contributed by atoms with Crippen LogP contribution < -0.4 is 5.73 Å². The normalized spacial score (nSPS) is 10.4. The van der Waals surface area contributed by atoms with Crippen LogP contribution in [0.5, 0.6) is 5.75 Å². The van der Waals surface area contributed by atoms with E-state index in [0.717, 1.165) is 5.39 Å². The molecule has 0 aliphatic carbocycles. The zero-order valence-electron chi connectivity index (χ0n) is 9.43. The predicted octanol–water partition coefficient (Wildman–Crippen LogP) is 2.30. The minimum Gasteiger partial charge on any atom is -0.508 e. The number of nitrogen functional groups attached to an aromatic ring is 1. The van der Waals surface area contributed by atoms with Gasteiger partial charge in [-0.3, -0.25) is 0 Å². The Morgan fingerprint density at radius 1 is 1.35 bits per heavy atom. The number of hydrogen-bond acceptors (Lipinski definition) is 4. The van der Waals surface area contributed by atoms with E-state index in [-0.39, 0.29) is 12.4 Å². The summed E-state index contributed by atoms with van der Waals surface area (Å²) in [6, 6.07) is 8.26. The van der Waals surface area contributed by atoms with Gasteiger partial charge in [0, 0.05) is 11.1 Å². The number of ether oxygens (including phenoxy) is 1. The fourth-order valence-electron chi connectivity index (χ4n) is 1.76. The third-order valence-corrected chi connectivity index (χ3v) is 2.52. The van der Waals surface area contributed by atoms with Gasteiger partial charge in [0.1, 0.15) is 5.75 Å². The summed E-state index contributed by atoms with van der Waals surface area (Å²) in [7, 11) is 0. The van der Waals surface area contributed by atoms with Gasteiger partial charge in [-0.05, 0) is 30.5 Å². The Labute approximate surface area is 98.6 Å². The molecule has 0 unspecified atom stereocenters. The van der Waals surface area contributed by atoms with Crippen LogP contribution >= 0.6 is 0 Å². The van der Waals surface area contributed by atoms with Crippen molar-refractivity contribution in [3.63, 3.8) is 0 Å². The lowest BCUT2D eigenvalue weighted by Crippen LogP contribution is -2.08. The predicted molar refractivity (Wildman–Crippen MR) is 66.0 cm³/mol. The van der Waals surface area contributed by atoms with Gasteiger partial charge in [0.25, 0.3) is 0 Å². The van der Waals surface area contributed by atoms with Gasteiger partial charge in [-0.1, -0.05) is 12.1 Å². The van der Waals surface area contributed by atoms with E-state index in [1.807, 2.05) is 0 Å². The van der Waals surface area contributed by atoms with Crippen molar-refractivity contribution in [1.82, 2.24) is 0 Å². The van der Waals surface area contributed by atoms with Crippen LogP contribution in [0.3, 0.4) is 0 Å². The number of carbonyl (C=O) groups excluding carboxylic acids is 1. The molecule has 88 valence electrons. The Morgan fingerprint density at radius 2 is 2.06 bits per heavy atom. The molecule has 0 aliphatic heterocycles. The third-order valence-electron chi connectivity index (χ3n) is 2.52. The first-order valence-electron chi connectivity index (χ1n) is 5.32. The van der Waals surface area contributed by atoms with E-state index < -0.39 is 5.97 Å². The molecule has 0 radical (unpaired) electrons. The van der Waals surface area contributed by atoms with Gasteiger partial charge in [0.15, 0.2) is 0 Å². The summed E-state index contributed by atoms with van der Waals surface area (Å²) in [5.74, 6) is -0.380. The van der Waals surface area contributed by atoms with Crippen LogP contribution in [0.25, 0.3) is 10.8 Å². The molecule has 2 aromatic rings. The SMILES string of the molecule is CCOC(=O)c1c(N)ccc2ccc(O)cc12. The number of hydrogen-bond donors (Lipinski definition) is 2. The summed E-state index contributed by atoms with van der Waals surface area (Å²) in [5, 5.41) is 10.9. The second kappa shape index (κ2) is 4.33. The molecule has 0 spiro atoms. The molecule has 4 heteroatoms. The summed E-state index contributed by atoms with van der Waals surface area (Å²) in [6.45, 7) is 2.02. The van der Waals surface area contributed by atoms with Crippen molar-refractivity contribution in [1.29, 1.82) is 0 Å². The minimum absolute atomic E-state index is 0.0913. The first-order chi connectivity index (χ1) is 8.13. The van der Waals surface area contributed by atoms with E-state index in [0.29, 0.717) is 16.6 Å². The van der Waals surface area contributed by atoms with Gasteiger partial charge >= 0.3 is 5.97 Å². The van der Waals surface area contributed by atoms with Crippen LogP contribution in [0.15, 0.2) is 30.3 Å². The van der Waals surface area contributed by atoms with E-state index in [9.17, 15) is 9.90 Å². The highest BCUT2D eigenvalue weighted by molar-refractivity contribution is 6.09. The first kappa shape index (κ1) is 11.3. The maximum absolute atomic E-state index is 11.8. The highest BCUT2D eigenvalue weighted by Crippen LogP contribution is 2.28. The molecule has 3 N–H and O–H groups in total. The van der Waals surface area contributed by atoms with Gasteiger partial charge in [-0.2, -0.15) is 0 Å². The van der Waals surface area contributed by atoms with Crippen LogP contribution in [0.4, 0.5) is 5.69 Å². The molecule has 17 heavy (non-hydrogen) atoms. The minimum atomic E-state index is -0.471. The number of phenolic OH excluding ortho intramolecular Hbond substituents is 1. The molecule has 0 saturated carbocycles. The lowest BCUT2D eigenvalue weighted by molar-refractivity contribution is 0.0530. The Balaban J connectivity index is 2.70. The number of anilines is 1. The van der Waals surface area contributed by atoms with E-state index in [1.165, 1.54) is 6.07 Å². The smallest absolute Gasteiger partial charge is 0.340 e. The Morgan fingerprint density at radius 3 is 2.76 bits per heavy atom. The van der Waals surface area contributed by atoms with Crippen LogP contribution in [0, 0.1) is 0 Å². The lowest BCUT2D eigenvalue weighted by Gasteiger charge is -2.09. The van der Waals surface area contributed by atoms with E-state index in [1.54, 1.807) is 31.2 Å². The van der Waals surface area contributed by atoms with Crippen molar-refractivity contribution in [3.8, 4) is 5.75 Å². The van der Waals surface area contributed by atoms with Gasteiger partial charge in [0.2, 0.25) is 0 Å². The van der Waals surface area contributed by atoms with Crippen molar-refractivity contribution >= 4 is 22.4 Å². The summed E-state index contributed by atoms with van der Waals surface area (Å²) in [5.41, 5.74) is 6.44. The number of phenols is 1. The highest BCUT2D eigenvalue weighted by atomic mass is 16.5. The maximum atomic E-state index is 11.8. The van der Waals surface area contributed by atoms with Crippen LogP contribution in [-0.4, -0.2) is 17.7 Å². The largest absolute Gasteiger partial charge is 0.508 e. The summed E-state index contributed by atoms with van der Waals surface area (Å²) < 4.78 is 4.96. The molecule has 2 rings (SSSR count). The van der Waals surface area contributed by atoms with E-state index in [4.69, 9.17) is 10.5 Å². The highest BCUT2D eigenvalue weighted by Gasteiger charge is 2.15. The van der Waals surface area contributed by atoms with Crippen molar-refractivity contribution in [2.24, 2.45) is 0 Å². The fraction of sp³-hybridized carbons (Fsp3) is 0.154. The average molecular weight is 231 g/mol. The summed E-state index contributed by atoms with van der Waals surface area (Å²) >= 11 is 0. The third kappa shape index (κ3) is 2.01. The molecule has 0 aliphatic rings. The molecule has 0 heterocycles. The number of aromatic hydroxyl groups is 1.